The van der Waals surface area contributed by atoms with E-state index in [1.54, 1.807) is 21.3 Å². The number of aromatic nitrogens is 3. The van der Waals surface area contributed by atoms with E-state index in [1.807, 2.05) is 54.3 Å². The second kappa shape index (κ2) is 7.74. The van der Waals surface area contributed by atoms with Crippen molar-refractivity contribution in [3.63, 3.8) is 0 Å². The lowest BCUT2D eigenvalue weighted by atomic mass is 10.1. The normalized spacial score (nSPS) is 14.5. The van der Waals surface area contributed by atoms with Crippen molar-refractivity contribution in [3.8, 4) is 0 Å². The van der Waals surface area contributed by atoms with Crippen molar-refractivity contribution < 1.29 is 4.79 Å². The lowest BCUT2D eigenvalue weighted by molar-refractivity contribution is 0.0747. The lowest BCUT2D eigenvalue weighted by Gasteiger charge is -2.36. The van der Waals surface area contributed by atoms with Crippen molar-refractivity contribution in [2.24, 2.45) is 0 Å². The van der Waals surface area contributed by atoms with Gasteiger partial charge in [0.15, 0.2) is 0 Å². The van der Waals surface area contributed by atoms with Gasteiger partial charge in [-0.2, -0.15) is 5.10 Å². The first kappa shape index (κ1) is 19.6. The SMILES string of the molecule is CCn1c(=O)c2ccnn2c2ccc(C(=O)N3CCN(c4cccc(Cl)c4)CC3)cc21. The Hall–Kier alpha value is -3.32. The van der Waals surface area contributed by atoms with Crippen molar-refractivity contribution in [1.29, 1.82) is 0 Å². The van der Waals surface area contributed by atoms with Crippen LogP contribution in [0.3, 0.4) is 0 Å². The third kappa shape index (κ3) is 3.35. The number of hydrogen-bond acceptors (Lipinski definition) is 4. The average molecular weight is 436 g/mol. The van der Waals surface area contributed by atoms with Crippen LogP contribution < -0.4 is 10.5 Å². The van der Waals surface area contributed by atoms with Crippen LogP contribution >= 0.6 is 11.6 Å². The van der Waals surface area contributed by atoms with Gasteiger partial charge in [-0.25, -0.2) is 4.52 Å². The zero-order chi connectivity index (χ0) is 21.5. The Bertz CT molecular complexity index is 1350. The molecule has 4 aromatic rings. The molecule has 0 atom stereocenters. The van der Waals surface area contributed by atoms with Crippen LogP contribution in [0.1, 0.15) is 17.3 Å². The monoisotopic (exact) mass is 435 g/mol. The predicted molar refractivity (Wildman–Crippen MR) is 122 cm³/mol. The number of fused-ring (bicyclic) bond motifs is 3. The number of carbonyl (C=O) groups is 1. The third-order valence-corrected chi connectivity index (χ3v) is 6.14. The molecule has 3 heterocycles. The first-order chi connectivity index (χ1) is 15.1. The van der Waals surface area contributed by atoms with Crippen LogP contribution in [0.5, 0.6) is 0 Å². The van der Waals surface area contributed by atoms with Crippen LogP contribution in [-0.2, 0) is 6.54 Å². The number of anilines is 1. The highest BCUT2D eigenvalue weighted by Gasteiger charge is 2.23. The number of benzene rings is 2. The van der Waals surface area contributed by atoms with Gasteiger partial charge in [-0.05, 0) is 49.4 Å². The van der Waals surface area contributed by atoms with E-state index in [1.165, 1.54) is 0 Å². The molecule has 8 heteroatoms. The molecule has 0 unspecified atom stereocenters. The smallest absolute Gasteiger partial charge is 0.277 e. The predicted octanol–water partition coefficient (Wildman–Crippen LogP) is 3.28. The first-order valence-corrected chi connectivity index (χ1v) is 10.7. The molecule has 1 aliphatic rings. The van der Waals surface area contributed by atoms with Crippen molar-refractivity contribution in [1.82, 2.24) is 19.1 Å². The molecule has 0 N–H and O–H groups in total. The Morgan fingerprint density at radius 1 is 1.00 bits per heavy atom. The number of carbonyl (C=O) groups excluding carboxylic acids is 1. The first-order valence-electron chi connectivity index (χ1n) is 10.4. The minimum atomic E-state index is -0.104. The fraction of sp³-hybridized carbons (Fsp3) is 0.261. The molecule has 31 heavy (non-hydrogen) atoms. The van der Waals surface area contributed by atoms with Crippen LogP contribution in [0.2, 0.25) is 5.02 Å². The molecule has 0 saturated carbocycles. The van der Waals surface area contributed by atoms with Crippen LogP contribution in [-0.4, -0.2) is 51.2 Å². The zero-order valence-corrected chi connectivity index (χ0v) is 17.9. The molecule has 0 bridgehead atoms. The second-order valence-corrected chi connectivity index (χ2v) is 8.08. The number of hydrogen-bond donors (Lipinski definition) is 0. The van der Waals surface area contributed by atoms with E-state index >= 15 is 0 Å². The number of aryl methyl sites for hydroxylation is 1. The fourth-order valence-electron chi connectivity index (χ4n) is 4.29. The lowest BCUT2D eigenvalue weighted by Crippen LogP contribution is -2.48. The zero-order valence-electron chi connectivity index (χ0n) is 17.2. The Balaban J connectivity index is 1.43. The topological polar surface area (TPSA) is 62.9 Å². The summed E-state index contributed by atoms with van der Waals surface area (Å²) in [6.07, 6.45) is 1.62. The van der Waals surface area contributed by atoms with Crippen LogP contribution in [0.25, 0.3) is 16.6 Å². The maximum absolute atomic E-state index is 13.2. The summed E-state index contributed by atoms with van der Waals surface area (Å²) in [7, 11) is 0. The van der Waals surface area contributed by atoms with Crippen LogP contribution in [0.15, 0.2) is 59.5 Å². The molecule has 1 saturated heterocycles. The third-order valence-electron chi connectivity index (χ3n) is 5.90. The highest BCUT2D eigenvalue weighted by molar-refractivity contribution is 6.30. The quantitative estimate of drug-likeness (QED) is 0.495. The van der Waals surface area contributed by atoms with Gasteiger partial charge >= 0.3 is 0 Å². The summed E-state index contributed by atoms with van der Waals surface area (Å²) in [6.45, 7) is 5.19. The molecule has 2 aromatic carbocycles. The van der Waals surface area contributed by atoms with Gasteiger partial charge in [0.05, 0.1) is 17.2 Å². The van der Waals surface area contributed by atoms with Crippen molar-refractivity contribution in [3.05, 3.63) is 75.7 Å². The van der Waals surface area contributed by atoms with Gasteiger partial charge in [0, 0.05) is 49.0 Å². The number of rotatable bonds is 3. The molecule has 2 aromatic heterocycles. The molecule has 158 valence electrons. The summed E-state index contributed by atoms with van der Waals surface area (Å²) < 4.78 is 3.34. The van der Waals surface area contributed by atoms with E-state index in [9.17, 15) is 9.59 Å². The molecule has 5 rings (SSSR count). The maximum atomic E-state index is 13.2. The van der Waals surface area contributed by atoms with Gasteiger partial charge in [-0.3, -0.25) is 9.59 Å². The van der Waals surface area contributed by atoms with Gasteiger partial charge < -0.3 is 14.4 Å². The van der Waals surface area contributed by atoms with E-state index in [0.29, 0.717) is 41.3 Å². The summed E-state index contributed by atoms with van der Waals surface area (Å²) >= 11 is 6.11. The van der Waals surface area contributed by atoms with E-state index in [-0.39, 0.29) is 11.5 Å². The van der Waals surface area contributed by atoms with Crippen LogP contribution in [0, 0.1) is 0 Å². The molecule has 0 spiro atoms. The standard InChI is InChI=1S/C23H22ClN5O2/c1-2-28-21-14-16(6-7-19(21)29-20(23(28)31)8-9-25-29)22(30)27-12-10-26(11-13-27)18-5-3-4-17(24)15-18/h3-9,14-15H,2,10-13H2,1H3. The van der Waals surface area contributed by atoms with Gasteiger partial charge in [-0.15, -0.1) is 0 Å². The van der Waals surface area contributed by atoms with Crippen molar-refractivity contribution >= 4 is 39.7 Å². The van der Waals surface area contributed by atoms with E-state index in [0.717, 1.165) is 24.3 Å². The fourth-order valence-corrected chi connectivity index (χ4v) is 4.48. The van der Waals surface area contributed by atoms with Crippen LogP contribution in [0.4, 0.5) is 5.69 Å². The average Bonchev–Trinajstić information content (AvgIpc) is 3.29. The van der Waals surface area contributed by atoms with Gasteiger partial charge in [0.1, 0.15) is 5.52 Å². The summed E-state index contributed by atoms with van der Waals surface area (Å²) in [5.74, 6) is -0.0247. The molecular weight excluding hydrogens is 414 g/mol. The van der Waals surface area contributed by atoms with Gasteiger partial charge in [0.2, 0.25) is 0 Å². The summed E-state index contributed by atoms with van der Waals surface area (Å²) in [6, 6.07) is 15.0. The Labute approximate surface area is 184 Å². The Kier molecular flexibility index (Phi) is 4.90. The van der Waals surface area contributed by atoms with E-state index < -0.39 is 0 Å². The largest absolute Gasteiger partial charge is 0.368 e. The number of nitrogens with zero attached hydrogens (tertiary/aromatic N) is 5. The Morgan fingerprint density at radius 2 is 1.81 bits per heavy atom. The molecule has 1 amide bonds. The highest BCUT2D eigenvalue weighted by atomic mass is 35.5. The van der Waals surface area contributed by atoms with Crippen molar-refractivity contribution in [2.45, 2.75) is 13.5 Å². The number of halogens is 1. The second-order valence-electron chi connectivity index (χ2n) is 7.64. The molecule has 1 fully saturated rings. The van der Waals surface area contributed by atoms with E-state index in [2.05, 4.69) is 10.00 Å². The summed E-state index contributed by atoms with van der Waals surface area (Å²) in [5, 5.41) is 4.99. The molecular formula is C23H22ClN5O2. The molecule has 7 nitrogen and oxygen atoms in total. The highest BCUT2D eigenvalue weighted by Crippen LogP contribution is 2.22. The van der Waals surface area contributed by atoms with Gasteiger partial charge in [0.25, 0.3) is 11.5 Å². The molecule has 1 aliphatic heterocycles. The number of piperazine rings is 1. The van der Waals surface area contributed by atoms with Gasteiger partial charge in [-0.1, -0.05) is 17.7 Å². The minimum Gasteiger partial charge on any atom is -0.368 e. The summed E-state index contributed by atoms with van der Waals surface area (Å²) in [4.78, 5) is 30.1. The maximum Gasteiger partial charge on any atom is 0.277 e. The van der Waals surface area contributed by atoms with Crippen molar-refractivity contribution in [2.75, 3.05) is 31.1 Å². The molecule has 0 radical (unpaired) electrons. The summed E-state index contributed by atoms with van der Waals surface area (Å²) in [5.41, 5.74) is 3.60. The van der Waals surface area contributed by atoms with E-state index in [4.69, 9.17) is 11.6 Å². The molecule has 0 aliphatic carbocycles. The number of amides is 1. The minimum absolute atomic E-state index is 0.0247. The Morgan fingerprint density at radius 3 is 2.55 bits per heavy atom.